The van der Waals surface area contributed by atoms with Crippen molar-refractivity contribution < 1.29 is 9.47 Å². The Morgan fingerprint density at radius 3 is 2.61 bits per heavy atom. The number of pyridine rings is 1. The van der Waals surface area contributed by atoms with Gasteiger partial charge in [-0.25, -0.2) is 0 Å². The molecule has 0 amide bonds. The lowest BCUT2D eigenvalue weighted by Crippen LogP contribution is -2.29. The van der Waals surface area contributed by atoms with Crippen LogP contribution in [0.1, 0.15) is 5.56 Å². The van der Waals surface area contributed by atoms with E-state index in [1.165, 1.54) is 5.56 Å². The third-order valence-electron chi connectivity index (χ3n) is 4.86. The molecule has 2 heterocycles. The van der Waals surface area contributed by atoms with Crippen LogP contribution in [0.4, 0.5) is 5.69 Å². The topological polar surface area (TPSA) is 46.6 Å². The molecule has 28 heavy (non-hydrogen) atoms. The normalized spacial score (nSPS) is 14.0. The Bertz CT molecular complexity index is 897. The Labute approximate surface area is 165 Å². The van der Waals surface area contributed by atoms with Crippen molar-refractivity contribution in [3.05, 3.63) is 72.4 Å². The molecule has 0 unspecified atom stereocenters. The lowest BCUT2D eigenvalue weighted by atomic mass is 10.1. The third-order valence-corrected chi connectivity index (χ3v) is 4.86. The molecule has 0 aliphatic carbocycles. The second kappa shape index (κ2) is 8.87. The van der Waals surface area contributed by atoms with Crippen molar-refractivity contribution in [1.29, 1.82) is 0 Å². The van der Waals surface area contributed by atoms with Gasteiger partial charge in [-0.3, -0.25) is 9.88 Å². The van der Waals surface area contributed by atoms with Gasteiger partial charge in [0.25, 0.3) is 0 Å². The largest absolute Gasteiger partial charge is 0.457 e. The minimum atomic E-state index is 0.748. The van der Waals surface area contributed by atoms with Crippen molar-refractivity contribution in [3.8, 4) is 22.8 Å². The highest BCUT2D eigenvalue weighted by molar-refractivity contribution is 5.67. The highest BCUT2D eigenvalue weighted by atomic mass is 16.5. The Kier molecular flexibility index (Phi) is 5.85. The van der Waals surface area contributed by atoms with Gasteiger partial charge in [-0.15, -0.1) is 0 Å². The van der Waals surface area contributed by atoms with Crippen molar-refractivity contribution in [2.45, 2.75) is 6.54 Å². The van der Waals surface area contributed by atoms with E-state index in [-0.39, 0.29) is 0 Å². The van der Waals surface area contributed by atoms with E-state index in [0.29, 0.717) is 0 Å². The summed E-state index contributed by atoms with van der Waals surface area (Å²) in [6.07, 6.45) is 1.98. The third kappa shape index (κ3) is 4.50. The molecule has 5 heteroatoms. The Morgan fingerprint density at radius 1 is 1.04 bits per heavy atom. The van der Waals surface area contributed by atoms with E-state index >= 15 is 0 Å². The summed E-state index contributed by atoms with van der Waals surface area (Å²) < 4.78 is 11.1. The molecule has 0 saturated carbocycles. The Balaban J connectivity index is 1.48. The van der Waals surface area contributed by atoms with Crippen LogP contribution in [0, 0.1) is 0 Å². The average Bonchev–Trinajstić information content (AvgIpc) is 2.95. The van der Waals surface area contributed by atoms with Gasteiger partial charge in [-0.05, 0) is 42.5 Å². The highest BCUT2D eigenvalue weighted by Gasteiger charge is 2.15. The molecule has 1 aromatic heterocycles. The summed E-state index contributed by atoms with van der Waals surface area (Å²) in [6.45, 7) is 4.49. The van der Waals surface area contributed by atoms with E-state index in [9.17, 15) is 0 Å². The van der Waals surface area contributed by atoms with Gasteiger partial charge in [0.2, 0.25) is 0 Å². The van der Waals surface area contributed by atoms with Crippen molar-refractivity contribution >= 4 is 5.69 Å². The van der Waals surface area contributed by atoms with Crippen molar-refractivity contribution in [3.63, 3.8) is 0 Å². The van der Waals surface area contributed by atoms with Crippen molar-refractivity contribution in [1.82, 2.24) is 9.88 Å². The smallest absolute Gasteiger partial charge is 0.127 e. The van der Waals surface area contributed by atoms with Crippen LogP contribution >= 0.6 is 0 Å². The number of ether oxygens (including phenoxy) is 2. The molecule has 0 radical (unpaired) electrons. The van der Waals surface area contributed by atoms with Gasteiger partial charge in [0.05, 0.1) is 12.3 Å². The lowest BCUT2D eigenvalue weighted by molar-refractivity contribution is 0.147. The van der Waals surface area contributed by atoms with Gasteiger partial charge in [0.15, 0.2) is 0 Å². The molecule has 2 aromatic carbocycles. The molecule has 4 rings (SSSR count). The molecular weight excluding hydrogens is 350 g/mol. The number of para-hydroxylation sites is 1. The minimum absolute atomic E-state index is 0.748. The van der Waals surface area contributed by atoms with Crippen LogP contribution in [0.2, 0.25) is 0 Å². The summed E-state index contributed by atoms with van der Waals surface area (Å²) in [5.74, 6) is 1.65. The predicted octanol–water partition coefficient (Wildman–Crippen LogP) is 4.41. The number of rotatable bonds is 6. The maximum Gasteiger partial charge on any atom is 0.127 e. The van der Waals surface area contributed by atoms with Crippen LogP contribution in [0.15, 0.2) is 66.9 Å². The highest BCUT2D eigenvalue weighted by Crippen LogP contribution is 2.28. The number of aromatic nitrogens is 1. The quantitative estimate of drug-likeness (QED) is 0.691. The minimum Gasteiger partial charge on any atom is -0.457 e. The number of methoxy groups -OCH3 is 1. The number of fused-ring (bicyclic) bond motifs is 1. The number of benzene rings is 2. The summed E-state index contributed by atoms with van der Waals surface area (Å²) >= 11 is 0. The van der Waals surface area contributed by atoms with E-state index in [4.69, 9.17) is 14.5 Å². The van der Waals surface area contributed by atoms with Crippen LogP contribution in [0.25, 0.3) is 11.3 Å². The molecule has 0 spiro atoms. The maximum absolute atomic E-state index is 5.87. The first kappa shape index (κ1) is 18.5. The molecule has 144 valence electrons. The number of hydrogen-bond acceptors (Lipinski definition) is 5. The van der Waals surface area contributed by atoms with Crippen LogP contribution < -0.4 is 10.1 Å². The number of anilines is 1. The van der Waals surface area contributed by atoms with Gasteiger partial charge in [0.1, 0.15) is 11.5 Å². The maximum atomic E-state index is 5.87. The van der Waals surface area contributed by atoms with Gasteiger partial charge in [0, 0.05) is 56.3 Å². The molecule has 0 saturated heterocycles. The lowest BCUT2D eigenvalue weighted by Gasteiger charge is -2.18. The van der Waals surface area contributed by atoms with E-state index < -0.39 is 0 Å². The average molecular weight is 375 g/mol. The number of hydrogen-bond donors (Lipinski definition) is 1. The van der Waals surface area contributed by atoms with E-state index in [1.54, 1.807) is 7.11 Å². The molecular formula is C23H25N3O2. The summed E-state index contributed by atoms with van der Waals surface area (Å²) in [5.41, 5.74) is 4.42. The van der Waals surface area contributed by atoms with Gasteiger partial charge in [-0.2, -0.15) is 0 Å². The van der Waals surface area contributed by atoms with Crippen LogP contribution in [-0.4, -0.2) is 43.2 Å². The van der Waals surface area contributed by atoms with Crippen LogP contribution in [0.3, 0.4) is 0 Å². The summed E-state index contributed by atoms with van der Waals surface area (Å²) in [4.78, 5) is 7.08. The zero-order valence-corrected chi connectivity index (χ0v) is 16.1. The standard InChI is InChI=1S/C23H25N3O2/c1-27-14-13-26-12-11-24-23-15-22(25-16-19(23)17-26)18-7-9-21(10-8-18)28-20-5-3-2-4-6-20/h2-10,15-16,24H,11-14,17H2,1H3. The van der Waals surface area contributed by atoms with E-state index in [2.05, 4.69) is 28.4 Å². The number of nitrogens with zero attached hydrogens (tertiary/aromatic N) is 2. The molecule has 1 N–H and O–H groups in total. The number of nitrogens with one attached hydrogen (secondary N) is 1. The van der Waals surface area contributed by atoms with E-state index in [0.717, 1.165) is 61.2 Å². The fraction of sp³-hybridized carbons (Fsp3) is 0.261. The Morgan fingerprint density at radius 2 is 1.82 bits per heavy atom. The van der Waals surface area contributed by atoms with Gasteiger partial charge in [-0.1, -0.05) is 18.2 Å². The zero-order valence-electron chi connectivity index (χ0n) is 16.1. The monoisotopic (exact) mass is 375 g/mol. The molecule has 0 atom stereocenters. The Hall–Kier alpha value is -2.89. The van der Waals surface area contributed by atoms with Crippen molar-refractivity contribution in [2.24, 2.45) is 0 Å². The fourth-order valence-electron chi connectivity index (χ4n) is 3.33. The molecule has 3 aromatic rings. The first-order chi connectivity index (χ1) is 13.8. The van der Waals surface area contributed by atoms with E-state index in [1.807, 2.05) is 48.7 Å². The first-order valence-corrected chi connectivity index (χ1v) is 9.59. The molecule has 1 aliphatic heterocycles. The van der Waals surface area contributed by atoms with Crippen LogP contribution in [-0.2, 0) is 11.3 Å². The van der Waals surface area contributed by atoms with Gasteiger partial charge >= 0.3 is 0 Å². The summed E-state index contributed by atoms with van der Waals surface area (Å²) in [5, 5.41) is 3.54. The SMILES string of the molecule is COCCN1CCNc2cc(-c3ccc(Oc4ccccc4)cc3)ncc2C1. The van der Waals surface area contributed by atoms with Gasteiger partial charge < -0.3 is 14.8 Å². The predicted molar refractivity (Wildman–Crippen MR) is 112 cm³/mol. The summed E-state index contributed by atoms with van der Waals surface area (Å²) in [7, 11) is 1.74. The summed E-state index contributed by atoms with van der Waals surface area (Å²) in [6, 6.07) is 20.0. The fourth-order valence-corrected chi connectivity index (χ4v) is 3.33. The molecule has 0 bridgehead atoms. The first-order valence-electron chi connectivity index (χ1n) is 9.59. The molecule has 1 aliphatic rings. The molecule has 0 fully saturated rings. The second-order valence-corrected chi connectivity index (χ2v) is 6.86. The zero-order chi connectivity index (χ0) is 19.2. The second-order valence-electron chi connectivity index (χ2n) is 6.86. The molecule has 5 nitrogen and oxygen atoms in total. The van der Waals surface area contributed by atoms with Crippen molar-refractivity contribution in [2.75, 3.05) is 38.7 Å². The van der Waals surface area contributed by atoms with Crippen LogP contribution in [0.5, 0.6) is 11.5 Å².